The first kappa shape index (κ1) is 14.5. The first-order valence-electron chi connectivity index (χ1n) is 6.28. The Morgan fingerprint density at radius 1 is 1.29 bits per heavy atom. The minimum Gasteiger partial charge on any atom is -0.207 e. The predicted molar refractivity (Wildman–Crippen MR) is 81.8 cm³/mol. The van der Waals surface area contributed by atoms with Gasteiger partial charge in [-0.1, -0.05) is 11.6 Å². The van der Waals surface area contributed by atoms with Crippen LogP contribution in [0.5, 0.6) is 0 Å². The Labute approximate surface area is 132 Å². The summed E-state index contributed by atoms with van der Waals surface area (Å²) in [6.07, 6.45) is 0.683. The standard InChI is InChI=1S/C14H11ClN2O2S2/c15-14-7-11-9-17(6-5-13(11)20-14)21(18,19)12-3-1-10(8-16)2-4-12/h1-4,7H,5-6,9H2. The highest BCUT2D eigenvalue weighted by Crippen LogP contribution is 2.33. The monoisotopic (exact) mass is 338 g/mol. The van der Waals surface area contributed by atoms with Gasteiger partial charge in [-0.25, -0.2) is 8.42 Å². The van der Waals surface area contributed by atoms with Gasteiger partial charge in [0.05, 0.1) is 20.9 Å². The van der Waals surface area contributed by atoms with E-state index in [4.69, 9.17) is 16.9 Å². The maximum absolute atomic E-state index is 12.6. The van der Waals surface area contributed by atoms with E-state index in [2.05, 4.69) is 0 Å². The Bertz CT molecular complexity index is 820. The van der Waals surface area contributed by atoms with Crippen molar-refractivity contribution in [1.82, 2.24) is 4.31 Å². The molecule has 0 fully saturated rings. The van der Waals surface area contributed by atoms with Crippen molar-refractivity contribution in [3.05, 3.63) is 50.7 Å². The molecule has 0 atom stereocenters. The Morgan fingerprint density at radius 3 is 2.67 bits per heavy atom. The number of thiophene rings is 1. The van der Waals surface area contributed by atoms with Crippen LogP contribution in [0.2, 0.25) is 4.34 Å². The van der Waals surface area contributed by atoms with Gasteiger partial charge < -0.3 is 0 Å². The molecule has 0 amide bonds. The van der Waals surface area contributed by atoms with Crippen LogP contribution >= 0.6 is 22.9 Å². The number of fused-ring (bicyclic) bond motifs is 1. The molecule has 0 N–H and O–H groups in total. The lowest BCUT2D eigenvalue weighted by Gasteiger charge is -2.26. The van der Waals surface area contributed by atoms with Crippen LogP contribution in [0.25, 0.3) is 0 Å². The lowest BCUT2D eigenvalue weighted by molar-refractivity contribution is 0.394. The second kappa shape index (κ2) is 5.43. The zero-order valence-electron chi connectivity index (χ0n) is 10.9. The van der Waals surface area contributed by atoms with Gasteiger partial charge in [0.15, 0.2) is 0 Å². The lowest BCUT2D eigenvalue weighted by Crippen LogP contribution is -2.35. The van der Waals surface area contributed by atoms with Crippen LogP contribution in [0.3, 0.4) is 0 Å². The summed E-state index contributed by atoms with van der Waals surface area (Å²) in [6, 6.07) is 9.80. The second-order valence-corrected chi connectivity index (χ2v) is 8.43. The molecule has 4 nitrogen and oxygen atoms in total. The molecule has 2 aromatic rings. The summed E-state index contributed by atoms with van der Waals surface area (Å²) in [6.45, 7) is 0.799. The van der Waals surface area contributed by atoms with E-state index < -0.39 is 10.0 Å². The molecule has 1 aromatic heterocycles. The predicted octanol–water partition coefficient (Wildman–Crippen LogP) is 3.02. The molecule has 21 heavy (non-hydrogen) atoms. The Hall–Kier alpha value is -1.39. The first-order valence-corrected chi connectivity index (χ1v) is 8.91. The summed E-state index contributed by atoms with van der Waals surface area (Å²) in [5.41, 5.74) is 1.42. The number of nitriles is 1. The Morgan fingerprint density at radius 2 is 2.00 bits per heavy atom. The van der Waals surface area contributed by atoms with Gasteiger partial charge in [0, 0.05) is 18.0 Å². The highest BCUT2D eigenvalue weighted by molar-refractivity contribution is 7.89. The summed E-state index contributed by atoms with van der Waals surface area (Å²) < 4.78 is 27.4. The van der Waals surface area contributed by atoms with Crippen molar-refractivity contribution in [3.63, 3.8) is 0 Å². The molecule has 3 rings (SSSR count). The van der Waals surface area contributed by atoms with Crippen molar-refractivity contribution in [2.75, 3.05) is 6.54 Å². The average molecular weight is 339 g/mol. The van der Waals surface area contributed by atoms with Gasteiger partial charge in [0.2, 0.25) is 10.0 Å². The zero-order valence-corrected chi connectivity index (χ0v) is 13.3. The lowest BCUT2D eigenvalue weighted by atomic mass is 10.1. The molecule has 0 saturated heterocycles. The van der Waals surface area contributed by atoms with Crippen molar-refractivity contribution in [2.24, 2.45) is 0 Å². The van der Waals surface area contributed by atoms with E-state index in [0.29, 0.717) is 29.4 Å². The van der Waals surface area contributed by atoms with Crippen LogP contribution in [0, 0.1) is 11.3 Å². The minimum atomic E-state index is -3.53. The number of nitrogens with zero attached hydrogens (tertiary/aromatic N) is 2. The number of sulfonamides is 1. The highest BCUT2D eigenvalue weighted by Gasteiger charge is 2.29. The van der Waals surface area contributed by atoms with Crippen molar-refractivity contribution in [1.29, 1.82) is 5.26 Å². The molecule has 0 bridgehead atoms. The smallest absolute Gasteiger partial charge is 0.207 e. The van der Waals surface area contributed by atoms with Gasteiger partial charge in [-0.2, -0.15) is 9.57 Å². The summed E-state index contributed by atoms with van der Waals surface area (Å²) in [5, 5.41) is 8.77. The molecular formula is C14H11ClN2O2S2. The fourth-order valence-electron chi connectivity index (χ4n) is 2.33. The SMILES string of the molecule is N#Cc1ccc(S(=O)(=O)N2CCc3sc(Cl)cc3C2)cc1. The van der Waals surface area contributed by atoms with Gasteiger partial charge >= 0.3 is 0 Å². The topological polar surface area (TPSA) is 61.2 Å². The maximum Gasteiger partial charge on any atom is 0.243 e. The van der Waals surface area contributed by atoms with Crippen LogP contribution < -0.4 is 0 Å². The van der Waals surface area contributed by atoms with Crippen LogP contribution in [-0.2, 0) is 23.0 Å². The van der Waals surface area contributed by atoms with Crippen molar-refractivity contribution < 1.29 is 8.42 Å². The number of hydrogen-bond donors (Lipinski definition) is 0. The molecule has 1 aliphatic heterocycles. The van der Waals surface area contributed by atoms with E-state index >= 15 is 0 Å². The molecular weight excluding hydrogens is 328 g/mol. The van der Waals surface area contributed by atoms with Crippen LogP contribution in [0.4, 0.5) is 0 Å². The minimum absolute atomic E-state index is 0.214. The molecule has 1 aromatic carbocycles. The number of rotatable bonds is 2. The second-order valence-electron chi connectivity index (χ2n) is 4.72. The third-order valence-corrected chi connectivity index (χ3v) is 6.65. The molecule has 7 heteroatoms. The average Bonchev–Trinajstić information content (AvgIpc) is 2.86. The van der Waals surface area contributed by atoms with Crippen LogP contribution in [0.15, 0.2) is 35.2 Å². The normalized spacial score (nSPS) is 15.4. The third kappa shape index (κ3) is 2.70. The first-order chi connectivity index (χ1) is 10.0. The van der Waals surface area contributed by atoms with Crippen LogP contribution in [-0.4, -0.2) is 19.3 Å². The molecule has 0 saturated carbocycles. The quantitative estimate of drug-likeness (QED) is 0.845. The Kier molecular flexibility index (Phi) is 3.76. The number of benzene rings is 1. The molecule has 0 aliphatic carbocycles. The van der Waals surface area contributed by atoms with E-state index in [9.17, 15) is 8.42 Å². The van der Waals surface area contributed by atoms with E-state index in [0.717, 1.165) is 10.4 Å². The van der Waals surface area contributed by atoms with Gasteiger partial charge in [-0.05, 0) is 42.3 Å². The van der Waals surface area contributed by atoms with Crippen molar-refractivity contribution in [3.8, 4) is 6.07 Å². The van der Waals surface area contributed by atoms with Gasteiger partial charge in [0.25, 0.3) is 0 Å². The zero-order chi connectivity index (χ0) is 15.0. The van der Waals surface area contributed by atoms with E-state index in [1.165, 1.54) is 39.9 Å². The maximum atomic E-state index is 12.6. The van der Waals surface area contributed by atoms with E-state index in [1.807, 2.05) is 12.1 Å². The fraction of sp³-hybridized carbons (Fsp3) is 0.214. The highest BCUT2D eigenvalue weighted by atomic mass is 35.5. The van der Waals surface area contributed by atoms with Gasteiger partial charge in [-0.3, -0.25) is 0 Å². The number of halogens is 1. The molecule has 0 spiro atoms. The largest absolute Gasteiger partial charge is 0.243 e. The van der Waals surface area contributed by atoms with Gasteiger partial charge in [0.1, 0.15) is 0 Å². The van der Waals surface area contributed by atoms with Crippen molar-refractivity contribution >= 4 is 33.0 Å². The summed E-state index contributed by atoms with van der Waals surface area (Å²) in [7, 11) is -3.53. The van der Waals surface area contributed by atoms with Gasteiger partial charge in [-0.15, -0.1) is 11.3 Å². The summed E-state index contributed by atoms with van der Waals surface area (Å²) in [4.78, 5) is 1.37. The van der Waals surface area contributed by atoms with Crippen LogP contribution in [0.1, 0.15) is 16.0 Å². The van der Waals surface area contributed by atoms with Crippen molar-refractivity contribution in [2.45, 2.75) is 17.9 Å². The van der Waals surface area contributed by atoms with E-state index in [1.54, 1.807) is 0 Å². The summed E-state index contributed by atoms with van der Waals surface area (Å²) >= 11 is 7.49. The molecule has 2 heterocycles. The summed E-state index contributed by atoms with van der Waals surface area (Å²) in [5.74, 6) is 0. The fourth-order valence-corrected chi connectivity index (χ4v) is 5.04. The molecule has 0 unspecified atom stereocenters. The molecule has 1 aliphatic rings. The van der Waals surface area contributed by atoms with E-state index in [-0.39, 0.29) is 4.90 Å². The molecule has 0 radical (unpaired) electrons. The molecule has 108 valence electrons. The third-order valence-electron chi connectivity index (χ3n) is 3.42. The Balaban J connectivity index is 1.90. The number of hydrogen-bond acceptors (Lipinski definition) is 4.